The summed E-state index contributed by atoms with van der Waals surface area (Å²) in [6.07, 6.45) is 9.18. The van der Waals surface area contributed by atoms with Gasteiger partial charge in [0.2, 0.25) is 0 Å². The van der Waals surface area contributed by atoms with Gasteiger partial charge in [-0.25, -0.2) is 0 Å². The van der Waals surface area contributed by atoms with Crippen LogP contribution in [0.4, 0.5) is 0 Å². The summed E-state index contributed by atoms with van der Waals surface area (Å²) in [5.41, 5.74) is 0.416. The molecule has 3 nitrogen and oxygen atoms in total. The quantitative estimate of drug-likeness (QED) is 0.544. The van der Waals surface area contributed by atoms with E-state index in [-0.39, 0.29) is 29.0 Å². The molecule has 4 aliphatic rings. The molecule has 0 aliphatic heterocycles. The van der Waals surface area contributed by atoms with Crippen molar-refractivity contribution >= 4 is 17.6 Å². The van der Waals surface area contributed by atoms with Crippen molar-refractivity contribution in [2.45, 2.75) is 96.1 Å². The Labute approximate surface area is 163 Å². The highest BCUT2D eigenvalue weighted by molar-refractivity contribution is 6.21. The summed E-state index contributed by atoms with van der Waals surface area (Å²) in [5, 5.41) is 10.1. The van der Waals surface area contributed by atoms with E-state index in [9.17, 15) is 9.90 Å². The van der Waals surface area contributed by atoms with Crippen molar-refractivity contribution in [3.63, 3.8) is 0 Å². The number of carbonyl (C=O) groups excluding carboxylic acids is 1. The number of alkyl halides is 1. The molecular weight excluding hydrogens is 348 g/mol. The lowest BCUT2D eigenvalue weighted by Crippen LogP contribution is -2.54. The lowest BCUT2D eigenvalue weighted by Gasteiger charge is -2.60. The van der Waals surface area contributed by atoms with Gasteiger partial charge in [0.15, 0.2) is 0 Å². The second-order valence-corrected chi connectivity index (χ2v) is 10.7. The maximum absolute atomic E-state index is 12.0. The van der Waals surface area contributed by atoms with Crippen LogP contribution in [0, 0.1) is 34.5 Å². The number of fused-ring (bicyclic) bond motifs is 5. The van der Waals surface area contributed by atoms with Crippen LogP contribution in [0.25, 0.3) is 0 Å². The number of aliphatic hydroxyl groups excluding tert-OH is 1. The van der Waals surface area contributed by atoms with Crippen LogP contribution < -0.4 is 0 Å². The summed E-state index contributed by atoms with van der Waals surface area (Å²) in [7, 11) is 0. The number of hydrogen-bond acceptors (Lipinski definition) is 3. The molecule has 0 aromatic rings. The zero-order chi connectivity index (χ0) is 18.7. The molecule has 5 unspecified atom stereocenters. The van der Waals surface area contributed by atoms with Gasteiger partial charge in [-0.2, -0.15) is 0 Å². The zero-order valence-electron chi connectivity index (χ0n) is 16.5. The Hall–Kier alpha value is -0.280. The summed E-state index contributed by atoms with van der Waals surface area (Å²) in [4.78, 5) is 12.0. The van der Waals surface area contributed by atoms with E-state index in [0.717, 1.165) is 31.6 Å². The molecule has 4 saturated carbocycles. The first kappa shape index (κ1) is 19.1. The molecule has 0 amide bonds. The summed E-state index contributed by atoms with van der Waals surface area (Å²) in [5.74, 6) is 2.59. The van der Waals surface area contributed by atoms with Crippen molar-refractivity contribution < 1.29 is 14.6 Å². The minimum atomic E-state index is -0.124. The van der Waals surface area contributed by atoms with Gasteiger partial charge in [-0.05, 0) is 80.5 Å². The van der Waals surface area contributed by atoms with E-state index < -0.39 is 0 Å². The molecule has 0 radical (unpaired) electrons. The van der Waals surface area contributed by atoms with E-state index >= 15 is 0 Å². The van der Waals surface area contributed by atoms with Crippen LogP contribution in [0.5, 0.6) is 0 Å². The first-order valence-corrected chi connectivity index (χ1v) is 11.2. The number of halogens is 1. The van der Waals surface area contributed by atoms with Gasteiger partial charge in [0.05, 0.1) is 11.5 Å². The van der Waals surface area contributed by atoms with Crippen LogP contribution in [-0.4, -0.2) is 28.7 Å². The Morgan fingerprint density at radius 1 is 1.08 bits per heavy atom. The normalized spacial score (nSPS) is 53.3. The minimum Gasteiger partial charge on any atom is -0.460 e. The molecule has 4 aliphatic carbocycles. The molecule has 26 heavy (non-hydrogen) atoms. The van der Waals surface area contributed by atoms with E-state index in [1.165, 1.54) is 25.7 Å². The highest BCUT2D eigenvalue weighted by atomic mass is 35.5. The van der Waals surface area contributed by atoms with Gasteiger partial charge in [-0.15, -0.1) is 11.6 Å². The number of rotatable bonds is 2. The molecule has 0 aromatic heterocycles. The van der Waals surface area contributed by atoms with Crippen molar-refractivity contribution in [1.82, 2.24) is 0 Å². The maximum atomic E-state index is 12.0. The smallest absolute Gasteiger partial charge is 0.305 e. The molecule has 1 N–H and O–H groups in total. The predicted octanol–water partition coefficient (Wildman–Crippen LogP) is 4.93. The molecule has 0 saturated heterocycles. The van der Waals surface area contributed by atoms with Crippen LogP contribution in [0.3, 0.4) is 0 Å². The van der Waals surface area contributed by atoms with Gasteiger partial charge < -0.3 is 9.84 Å². The van der Waals surface area contributed by atoms with E-state index in [1.54, 1.807) is 0 Å². The van der Waals surface area contributed by atoms with Crippen molar-refractivity contribution in [3.05, 3.63) is 0 Å². The molecule has 4 heteroatoms. The fourth-order valence-corrected chi connectivity index (χ4v) is 8.12. The topological polar surface area (TPSA) is 46.5 Å². The fraction of sp³-hybridized carbons (Fsp3) is 0.955. The highest BCUT2D eigenvalue weighted by Gasteiger charge is 2.63. The first-order chi connectivity index (χ1) is 12.3. The summed E-state index contributed by atoms with van der Waals surface area (Å²) in [6, 6.07) is 0. The van der Waals surface area contributed by atoms with Gasteiger partial charge in [-0.1, -0.05) is 20.8 Å². The Balaban J connectivity index is 1.58. The van der Waals surface area contributed by atoms with Gasteiger partial charge in [0.25, 0.3) is 0 Å². The lowest BCUT2D eigenvalue weighted by molar-refractivity contribution is -0.164. The van der Waals surface area contributed by atoms with Gasteiger partial charge in [0, 0.05) is 11.8 Å². The van der Waals surface area contributed by atoms with Crippen LogP contribution in [0.15, 0.2) is 0 Å². The third-order valence-electron chi connectivity index (χ3n) is 9.08. The van der Waals surface area contributed by atoms with E-state index in [1.807, 2.05) is 6.92 Å². The Bertz CT molecular complexity index is 566. The summed E-state index contributed by atoms with van der Waals surface area (Å²) >= 11 is 6.76. The van der Waals surface area contributed by atoms with Gasteiger partial charge >= 0.3 is 5.97 Å². The summed E-state index contributed by atoms with van der Waals surface area (Å²) in [6.45, 7) is 6.70. The molecule has 4 fully saturated rings. The van der Waals surface area contributed by atoms with Crippen LogP contribution in [-0.2, 0) is 9.53 Å². The zero-order valence-corrected chi connectivity index (χ0v) is 17.3. The molecule has 0 spiro atoms. The largest absolute Gasteiger partial charge is 0.460 e. The molecular formula is C22H35ClO3. The lowest BCUT2D eigenvalue weighted by atomic mass is 9.45. The standard InChI is InChI=1S/C22H35ClO3/c1-4-19(25)26-20-18(23)12-17-15-6-5-13-11-14(24)7-9-21(13,2)16(15)8-10-22(17,20)3/h13-18,20,24H,4-12H2,1-3H3/t13?,14-,15?,16?,17?,18+,20?,21-,22-/m0/s1. The molecule has 148 valence electrons. The minimum absolute atomic E-state index is 0.0375. The third-order valence-corrected chi connectivity index (χ3v) is 9.49. The van der Waals surface area contributed by atoms with E-state index in [2.05, 4.69) is 13.8 Å². The number of carbonyl (C=O) groups is 1. The van der Waals surface area contributed by atoms with Crippen molar-refractivity contribution in [2.24, 2.45) is 34.5 Å². The maximum Gasteiger partial charge on any atom is 0.305 e. The van der Waals surface area contributed by atoms with E-state index in [0.29, 0.717) is 29.6 Å². The van der Waals surface area contributed by atoms with Gasteiger partial charge in [0.1, 0.15) is 6.10 Å². The molecule has 0 bridgehead atoms. The Morgan fingerprint density at radius 2 is 1.81 bits per heavy atom. The predicted molar refractivity (Wildman–Crippen MR) is 103 cm³/mol. The monoisotopic (exact) mass is 382 g/mol. The van der Waals surface area contributed by atoms with Crippen LogP contribution >= 0.6 is 11.6 Å². The Kier molecular flexibility index (Phi) is 4.88. The summed E-state index contributed by atoms with van der Waals surface area (Å²) < 4.78 is 5.87. The molecule has 9 atom stereocenters. The highest BCUT2D eigenvalue weighted by Crippen LogP contribution is 2.67. The van der Waals surface area contributed by atoms with Crippen LogP contribution in [0.1, 0.15) is 78.6 Å². The average Bonchev–Trinajstić information content (AvgIpc) is 2.86. The van der Waals surface area contributed by atoms with E-state index in [4.69, 9.17) is 16.3 Å². The number of hydrogen-bond donors (Lipinski definition) is 1. The molecule has 0 heterocycles. The van der Waals surface area contributed by atoms with Crippen molar-refractivity contribution in [3.8, 4) is 0 Å². The van der Waals surface area contributed by atoms with Crippen molar-refractivity contribution in [2.75, 3.05) is 0 Å². The van der Waals surface area contributed by atoms with Gasteiger partial charge in [-0.3, -0.25) is 4.79 Å². The first-order valence-electron chi connectivity index (χ1n) is 10.8. The second kappa shape index (κ2) is 6.65. The molecule has 0 aromatic carbocycles. The number of ether oxygens (including phenoxy) is 1. The molecule has 4 rings (SSSR count). The second-order valence-electron chi connectivity index (χ2n) is 10.1. The number of esters is 1. The third kappa shape index (κ3) is 2.75. The fourth-order valence-electron chi connectivity index (χ4n) is 7.59. The Morgan fingerprint density at radius 3 is 2.54 bits per heavy atom. The average molecular weight is 383 g/mol. The van der Waals surface area contributed by atoms with Crippen molar-refractivity contribution in [1.29, 1.82) is 0 Å². The number of aliphatic hydroxyl groups is 1. The van der Waals surface area contributed by atoms with Crippen LogP contribution in [0.2, 0.25) is 0 Å². The SMILES string of the molecule is CCC(=O)OC1[C@H](Cl)CC2C3CCC4C[C@@H](O)CC[C@]4(C)C3CC[C@@]21C.